The molecule has 0 saturated carbocycles. The molecule has 230 valence electrons. The highest BCUT2D eigenvalue weighted by molar-refractivity contribution is 5.97. The summed E-state index contributed by atoms with van der Waals surface area (Å²) in [7, 11) is 0. The Labute approximate surface area is 249 Å². The Morgan fingerprint density at radius 2 is 1.93 bits per heavy atom. The highest BCUT2D eigenvalue weighted by Gasteiger charge is 2.64. The van der Waals surface area contributed by atoms with Crippen LogP contribution in [0.25, 0.3) is 0 Å². The summed E-state index contributed by atoms with van der Waals surface area (Å²) in [5, 5.41) is 27.0. The lowest BCUT2D eigenvalue weighted by Gasteiger charge is -2.34. The average molecular weight is 597 g/mol. The van der Waals surface area contributed by atoms with Gasteiger partial charge in [0.05, 0.1) is 30.2 Å². The standard InChI is InChI=1S/C32H38F2N4O5/c1-19-14-23(20(2)25(39)15-19)28(41)37-24(16-21-10-6-5-7-11-21)26(40)30(43)38-18-32(33,34)31(3,4)27(38)29(42)36-17-22-12-8-9-13-35-22/h5-6,8-10,12-15,24,26-27,39-40H,7,11,16-18H2,1-4H3,(H,36,42)(H,37,41)/t24-,26-,27+/m0/s1. The number of aryl methyl sites for hydroxylation is 1. The summed E-state index contributed by atoms with van der Waals surface area (Å²) in [6.07, 6.45) is 6.64. The van der Waals surface area contributed by atoms with Gasteiger partial charge in [0, 0.05) is 17.3 Å². The summed E-state index contributed by atoms with van der Waals surface area (Å²) in [5.74, 6) is -6.07. The lowest BCUT2D eigenvalue weighted by Crippen LogP contribution is -2.57. The van der Waals surface area contributed by atoms with E-state index in [0.717, 1.165) is 16.9 Å². The highest BCUT2D eigenvalue weighted by Crippen LogP contribution is 2.48. The molecule has 3 atom stereocenters. The first-order valence-corrected chi connectivity index (χ1v) is 14.2. The van der Waals surface area contributed by atoms with Gasteiger partial charge < -0.3 is 25.7 Å². The number of likely N-dealkylation sites (tertiary alicyclic amines) is 1. The zero-order valence-corrected chi connectivity index (χ0v) is 24.7. The highest BCUT2D eigenvalue weighted by atomic mass is 19.3. The fourth-order valence-corrected chi connectivity index (χ4v) is 5.56. The minimum atomic E-state index is -3.44. The van der Waals surface area contributed by atoms with Crippen LogP contribution in [0, 0.1) is 19.3 Å². The molecular weight excluding hydrogens is 558 g/mol. The first kappa shape index (κ1) is 31.8. The summed E-state index contributed by atoms with van der Waals surface area (Å²) in [5.41, 5.74) is 0.491. The molecule has 43 heavy (non-hydrogen) atoms. The van der Waals surface area contributed by atoms with E-state index in [0.29, 0.717) is 23.2 Å². The normalized spacial score (nSPS) is 20.2. The van der Waals surface area contributed by atoms with Crippen LogP contribution in [-0.4, -0.2) is 68.5 Å². The number of hydrogen-bond acceptors (Lipinski definition) is 6. The number of phenolic OH excluding ortho intramolecular Hbond substituents is 1. The van der Waals surface area contributed by atoms with E-state index in [4.69, 9.17) is 0 Å². The van der Waals surface area contributed by atoms with Crippen molar-refractivity contribution in [2.45, 2.75) is 77.6 Å². The van der Waals surface area contributed by atoms with Gasteiger partial charge in [-0.05, 0) is 62.9 Å². The molecule has 0 bridgehead atoms. The third-order valence-electron chi connectivity index (χ3n) is 8.31. The molecule has 1 aromatic carbocycles. The maximum atomic E-state index is 15.3. The number of aromatic hydroxyl groups is 1. The minimum absolute atomic E-state index is 0.0363. The maximum Gasteiger partial charge on any atom is 0.272 e. The molecule has 0 unspecified atom stereocenters. The number of nitrogens with one attached hydrogen (secondary N) is 2. The fraction of sp³-hybridized carbons (Fsp3) is 0.438. The molecule has 0 radical (unpaired) electrons. The van der Waals surface area contributed by atoms with E-state index < -0.39 is 53.8 Å². The number of halogens is 2. The van der Waals surface area contributed by atoms with Crippen molar-refractivity contribution < 1.29 is 33.4 Å². The van der Waals surface area contributed by atoms with Gasteiger partial charge in [-0.25, -0.2) is 8.78 Å². The number of carbonyl (C=O) groups excluding carboxylic acids is 3. The number of benzene rings is 1. The van der Waals surface area contributed by atoms with E-state index in [1.165, 1.54) is 26.1 Å². The van der Waals surface area contributed by atoms with Crippen LogP contribution in [0.3, 0.4) is 0 Å². The van der Waals surface area contributed by atoms with Gasteiger partial charge >= 0.3 is 0 Å². The quantitative estimate of drug-likeness (QED) is 0.349. The predicted octanol–water partition coefficient (Wildman–Crippen LogP) is 3.72. The Hall–Kier alpha value is -4.12. The van der Waals surface area contributed by atoms with Gasteiger partial charge in [-0.15, -0.1) is 0 Å². The number of nitrogens with zero attached hydrogens (tertiary/aromatic N) is 2. The lowest BCUT2D eigenvalue weighted by molar-refractivity contribution is -0.148. The van der Waals surface area contributed by atoms with E-state index in [9.17, 15) is 24.6 Å². The van der Waals surface area contributed by atoms with Crippen LogP contribution in [0.2, 0.25) is 0 Å². The number of allylic oxidation sites excluding steroid dienone is 3. The monoisotopic (exact) mass is 596 g/mol. The SMILES string of the molecule is Cc1cc(O)c(C)c(C(=O)N[C@@H](CC2=CC=CCC2)[C@H](O)C(=O)N2CC(F)(F)C(C)(C)[C@H]2C(=O)NCc2ccccn2)c1. The number of amides is 3. The van der Waals surface area contributed by atoms with Crippen LogP contribution in [0.1, 0.15) is 60.3 Å². The Balaban J connectivity index is 1.62. The van der Waals surface area contributed by atoms with Crippen molar-refractivity contribution in [2.24, 2.45) is 5.41 Å². The molecule has 3 amide bonds. The molecule has 1 aliphatic carbocycles. The summed E-state index contributed by atoms with van der Waals surface area (Å²) in [6.45, 7) is 4.59. The summed E-state index contributed by atoms with van der Waals surface area (Å²) in [4.78, 5) is 45.4. The molecule has 2 heterocycles. The first-order chi connectivity index (χ1) is 20.2. The van der Waals surface area contributed by atoms with Crippen molar-refractivity contribution in [3.8, 4) is 5.75 Å². The molecule has 0 spiro atoms. The van der Waals surface area contributed by atoms with Gasteiger partial charge in [-0.1, -0.05) is 43.7 Å². The van der Waals surface area contributed by atoms with Crippen LogP contribution in [-0.2, 0) is 16.1 Å². The molecule has 2 aromatic rings. The Kier molecular flexibility index (Phi) is 9.34. The molecule has 4 N–H and O–H groups in total. The molecule has 1 fully saturated rings. The molecule has 11 heteroatoms. The number of hydrogen-bond donors (Lipinski definition) is 4. The Morgan fingerprint density at radius 3 is 2.58 bits per heavy atom. The molecule has 9 nitrogen and oxygen atoms in total. The number of aromatic nitrogens is 1. The van der Waals surface area contributed by atoms with Crippen LogP contribution in [0.5, 0.6) is 5.75 Å². The van der Waals surface area contributed by atoms with E-state index in [1.54, 1.807) is 38.1 Å². The molecule has 1 saturated heterocycles. The van der Waals surface area contributed by atoms with Gasteiger partial charge in [-0.2, -0.15) is 0 Å². The van der Waals surface area contributed by atoms with Gasteiger partial charge in [0.15, 0.2) is 6.10 Å². The smallest absolute Gasteiger partial charge is 0.272 e. The van der Waals surface area contributed by atoms with Crippen molar-refractivity contribution in [2.75, 3.05) is 6.54 Å². The van der Waals surface area contributed by atoms with Crippen molar-refractivity contribution in [1.82, 2.24) is 20.5 Å². The molecule has 2 aliphatic rings. The predicted molar refractivity (Wildman–Crippen MR) is 156 cm³/mol. The molecular formula is C32H38F2N4O5. The maximum absolute atomic E-state index is 15.3. The van der Waals surface area contributed by atoms with Gasteiger partial charge in [-0.3, -0.25) is 19.4 Å². The second-order valence-electron chi connectivity index (χ2n) is 11.8. The number of rotatable bonds is 9. The van der Waals surface area contributed by atoms with Gasteiger partial charge in [0.2, 0.25) is 5.91 Å². The first-order valence-electron chi connectivity index (χ1n) is 14.2. The van der Waals surface area contributed by atoms with Gasteiger partial charge in [0.25, 0.3) is 17.7 Å². The van der Waals surface area contributed by atoms with Gasteiger partial charge in [0.1, 0.15) is 11.8 Å². The van der Waals surface area contributed by atoms with Crippen molar-refractivity contribution in [3.63, 3.8) is 0 Å². The van der Waals surface area contributed by atoms with Crippen molar-refractivity contribution in [1.29, 1.82) is 0 Å². The number of alkyl halides is 2. The molecule has 1 aromatic heterocycles. The summed E-state index contributed by atoms with van der Waals surface area (Å²) >= 11 is 0. The second kappa shape index (κ2) is 12.6. The number of aliphatic hydroxyl groups is 1. The number of phenols is 1. The Morgan fingerprint density at radius 1 is 1.19 bits per heavy atom. The average Bonchev–Trinajstić information content (AvgIpc) is 3.16. The van der Waals surface area contributed by atoms with Crippen molar-refractivity contribution >= 4 is 17.7 Å². The summed E-state index contributed by atoms with van der Waals surface area (Å²) in [6, 6.07) is 5.37. The minimum Gasteiger partial charge on any atom is -0.508 e. The summed E-state index contributed by atoms with van der Waals surface area (Å²) < 4.78 is 30.6. The number of aliphatic hydroxyl groups excluding tert-OH is 1. The topological polar surface area (TPSA) is 132 Å². The fourth-order valence-electron chi connectivity index (χ4n) is 5.56. The molecule has 1 aliphatic heterocycles. The van der Waals surface area contributed by atoms with Crippen LogP contribution < -0.4 is 10.6 Å². The van der Waals surface area contributed by atoms with Crippen molar-refractivity contribution in [3.05, 3.63) is 82.7 Å². The largest absolute Gasteiger partial charge is 0.508 e. The van der Waals surface area contributed by atoms with Crippen LogP contribution >= 0.6 is 0 Å². The van der Waals surface area contributed by atoms with E-state index in [1.807, 2.05) is 18.2 Å². The zero-order valence-electron chi connectivity index (χ0n) is 24.7. The van der Waals surface area contributed by atoms with E-state index >= 15 is 8.78 Å². The number of pyridine rings is 1. The van der Waals surface area contributed by atoms with Crippen LogP contribution in [0.4, 0.5) is 8.78 Å². The van der Waals surface area contributed by atoms with E-state index in [2.05, 4.69) is 15.6 Å². The second-order valence-corrected chi connectivity index (χ2v) is 11.8. The molecule has 4 rings (SSSR count). The Bertz CT molecular complexity index is 1440. The van der Waals surface area contributed by atoms with E-state index in [-0.39, 0.29) is 24.3 Å². The lowest BCUT2D eigenvalue weighted by atomic mass is 9.81. The zero-order chi connectivity index (χ0) is 31.5. The third-order valence-corrected chi connectivity index (χ3v) is 8.31. The number of carbonyl (C=O) groups is 3. The third kappa shape index (κ3) is 6.77. The van der Waals surface area contributed by atoms with Crippen LogP contribution in [0.15, 0.2) is 60.3 Å².